The Balaban J connectivity index is 2.14. The van der Waals surface area contributed by atoms with Crippen LogP contribution < -0.4 is 5.32 Å². The summed E-state index contributed by atoms with van der Waals surface area (Å²) in [6.45, 7) is 9.46. The van der Waals surface area contributed by atoms with E-state index in [1.807, 2.05) is 13.0 Å². The highest BCUT2D eigenvalue weighted by Crippen LogP contribution is 2.17. The van der Waals surface area contributed by atoms with E-state index in [2.05, 4.69) is 60.1 Å². The van der Waals surface area contributed by atoms with Gasteiger partial charge in [0.05, 0.1) is 17.4 Å². The number of pyridine rings is 1. The molecule has 4 heteroatoms. The maximum Gasteiger partial charge on any atom is 0.0644 e. The molecule has 114 valence electrons. The van der Waals surface area contributed by atoms with Gasteiger partial charge in [-0.1, -0.05) is 19.9 Å². The zero-order chi connectivity index (χ0) is 15.2. The minimum atomic E-state index is 0.218. The van der Waals surface area contributed by atoms with Gasteiger partial charge in [0.15, 0.2) is 0 Å². The first-order chi connectivity index (χ1) is 10.1. The number of nitrogens with one attached hydrogen (secondary N) is 1. The first-order valence-corrected chi connectivity index (χ1v) is 7.85. The van der Waals surface area contributed by atoms with Crippen LogP contribution >= 0.6 is 0 Å². The highest BCUT2D eigenvalue weighted by atomic mass is 15.3. The molecule has 0 aliphatic rings. The first-order valence-electron chi connectivity index (χ1n) is 7.85. The fourth-order valence-electron chi connectivity index (χ4n) is 2.41. The molecule has 0 amide bonds. The lowest BCUT2D eigenvalue weighted by atomic mass is 10.1. The number of rotatable bonds is 7. The lowest BCUT2D eigenvalue weighted by Crippen LogP contribution is -2.24. The molecule has 0 spiro atoms. The van der Waals surface area contributed by atoms with E-state index in [0.29, 0.717) is 6.04 Å². The van der Waals surface area contributed by atoms with Gasteiger partial charge in [-0.3, -0.25) is 9.67 Å². The van der Waals surface area contributed by atoms with Gasteiger partial charge in [0.1, 0.15) is 0 Å². The Morgan fingerprint density at radius 1 is 1.24 bits per heavy atom. The maximum atomic E-state index is 4.70. The molecule has 0 fully saturated rings. The molecule has 2 rings (SSSR count). The summed E-state index contributed by atoms with van der Waals surface area (Å²) in [5, 5.41) is 8.22. The molecule has 2 heterocycles. The largest absolute Gasteiger partial charge is 0.309 e. The Bertz CT molecular complexity index is 561. The van der Waals surface area contributed by atoms with Gasteiger partial charge in [-0.25, -0.2) is 0 Å². The van der Waals surface area contributed by atoms with Crippen LogP contribution in [0, 0.1) is 6.92 Å². The SMILES string of the molecule is CCNC(Cc1ccn(C(C)CC)n1)c1cccc(C)n1. The van der Waals surface area contributed by atoms with Crippen molar-refractivity contribution >= 4 is 0 Å². The smallest absolute Gasteiger partial charge is 0.0644 e. The van der Waals surface area contributed by atoms with Gasteiger partial charge in [-0.05, 0) is 45.0 Å². The molecular formula is C17H26N4. The molecule has 2 unspecified atom stereocenters. The van der Waals surface area contributed by atoms with E-state index in [4.69, 9.17) is 5.10 Å². The molecule has 1 N–H and O–H groups in total. The van der Waals surface area contributed by atoms with Gasteiger partial charge in [0.2, 0.25) is 0 Å². The van der Waals surface area contributed by atoms with Gasteiger partial charge in [-0.15, -0.1) is 0 Å². The summed E-state index contributed by atoms with van der Waals surface area (Å²) in [6, 6.07) is 8.98. The summed E-state index contributed by atoms with van der Waals surface area (Å²) in [6.07, 6.45) is 4.04. The Morgan fingerprint density at radius 3 is 2.71 bits per heavy atom. The van der Waals surface area contributed by atoms with Gasteiger partial charge in [0.25, 0.3) is 0 Å². The van der Waals surface area contributed by atoms with E-state index in [9.17, 15) is 0 Å². The highest BCUT2D eigenvalue weighted by Gasteiger charge is 2.15. The third-order valence-electron chi connectivity index (χ3n) is 3.84. The van der Waals surface area contributed by atoms with Crippen LogP contribution in [0.1, 0.15) is 56.4 Å². The van der Waals surface area contributed by atoms with Crippen molar-refractivity contribution in [3.8, 4) is 0 Å². The molecule has 0 radical (unpaired) electrons. The summed E-state index contributed by atoms with van der Waals surface area (Å²) in [5.41, 5.74) is 3.26. The average molecular weight is 286 g/mol. The normalized spacial score (nSPS) is 14.1. The van der Waals surface area contributed by atoms with Crippen molar-refractivity contribution in [2.75, 3.05) is 6.54 Å². The van der Waals surface area contributed by atoms with Crippen molar-refractivity contribution in [1.29, 1.82) is 0 Å². The summed E-state index contributed by atoms with van der Waals surface area (Å²) < 4.78 is 2.06. The molecule has 0 aromatic carbocycles. The van der Waals surface area contributed by atoms with E-state index in [1.54, 1.807) is 0 Å². The summed E-state index contributed by atoms with van der Waals surface area (Å²) in [4.78, 5) is 4.65. The van der Waals surface area contributed by atoms with Crippen LogP contribution in [0.4, 0.5) is 0 Å². The monoisotopic (exact) mass is 286 g/mol. The van der Waals surface area contributed by atoms with Crippen molar-refractivity contribution in [1.82, 2.24) is 20.1 Å². The lowest BCUT2D eigenvalue weighted by Gasteiger charge is -2.17. The Kier molecular flexibility index (Phi) is 5.51. The van der Waals surface area contributed by atoms with Crippen molar-refractivity contribution in [3.05, 3.63) is 47.5 Å². The number of aromatic nitrogens is 3. The van der Waals surface area contributed by atoms with Crippen LogP contribution in [0.25, 0.3) is 0 Å². The fraction of sp³-hybridized carbons (Fsp3) is 0.529. The van der Waals surface area contributed by atoms with Crippen LogP contribution in [-0.2, 0) is 6.42 Å². The van der Waals surface area contributed by atoms with Gasteiger partial charge in [0, 0.05) is 24.4 Å². The number of aryl methyl sites for hydroxylation is 1. The van der Waals surface area contributed by atoms with Gasteiger partial charge >= 0.3 is 0 Å². The standard InChI is InChI=1S/C17H26N4/c1-5-14(4)21-11-10-15(20-21)12-17(18-6-2)16-9-7-8-13(3)19-16/h7-11,14,17-18H,5-6,12H2,1-4H3. The van der Waals surface area contributed by atoms with E-state index in [1.165, 1.54) is 0 Å². The molecule has 0 aliphatic carbocycles. The Labute approximate surface area is 127 Å². The fourth-order valence-corrected chi connectivity index (χ4v) is 2.41. The predicted octanol–water partition coefficient (Wildman–Crippen LogP) is 3.45. The minimum Gasteiger partial charge on any atom is -0.309 e. The number of hydrogen-bond acceptors (Lipinski definition) is 3. The zero-order valence-electron chi connectivity index (χ0n) is 13.5. The quantitative estimate of drug-likeness (QED) is 0.847. The number of likely N-dealkylation sites (N-methyl/N-ethyl adjacent to an activating group) is 1. The van der Waals surface area contributed by atoms with Crippen LogP contribution in [-0.4, -0.2) is 21.3 Å². The first kappa shape index (κ1) is 15.7. The van der Waals surface area contributed by atoms with Crippen molar-refractivity contribution in [2.45, 2.75) is 52.6 Å². The molecule has 21 heavy (non-hydrogen) atoms. The van der Waals surface area contributed by atoms with Crippen LogP contribution in [0.15, 0.2) is 30.5 Å². The summed E-state index contributed by atoms with van der Waals surface area (Å²) in [5.74, 6) is 0. The Hall–Kier alpha value is -1.68. The van der Waals surface area contributed by atoms with Crippen molar-refractivity contribution < 1.29 is 0 Å². The summed E-state index contributed by atoms with van der Waals surface area (Å²) >= 11 is 0. The molecule has 4 nitrogen and oxygen atoms in total. The third kappa shape index (κ3) is 4.14. The molecule has 0 bridgehead atoms. The number of nitrogens with zero attached hydrogens (tertiary/aromatic N) is 3. The van der Waals surface area contributed by atoms with Crippen LogP contribution in [0.5, 0.6) is 0 Å². The Morgan fingerprint density at radius 2 is 2.05 bits per heavy atom. The van der Waals surface area contributed by atoms with E-state index in [0.717, 1.165) is 36.5 Å². The second kappa shape index (κ2) is 7.36. The molecular weight excluding hydrogens is 260 g/mol. The number of hydrogen-bond donors (Lipinski definition) is 1. The molecule has 2 aromatic heterocycles. The molecule has 0 saturated heterocycles. The zero-order valence-corrected chi connectivity index (χ0v) is 13.5. The molecule has 2 atom stereocenters. The topological polar surface area (TPSA) is 42.7 Å². The van der Waals surface area contributed by atoms with Gasteiger partial charge in [-0.2, -0.15) is 5.10 Å². The van der Waals surface area contributed by atoms with Gasteiger partial charge < -0.3 is 5.32 Å². The predicted molar refractivity (Wildman–Crippen MR) is 86.3 cm³/mol. The highest BCUT2D eigenvalue weighted by molar-refractivity contribution is 5.16. The average Bonchev–Trinajstić information content (AvgIpc) is 2.94. The second-order valence-electron chi connectivity index (χ2n) is 5.56. The lowest BCUT2D eigenvalue weighted by molar-refractivity contribution is 0.465. The molecule has 0 saturated carbocycles. The van der Waals surface area contributed by atoms with E-state index in [-0.39, 0.29) is 6.04 Å². The van der Waals surface area contributed by atoms with Crippen molar-refractivity contribution in [3.63, 3.8) is 0 Å². The molecule has 2 aromatic rings. The van der Waals surface area contributed by atoms with Crippen LogP contribution in [0.3, 0.4) is 0 Å². The van der Waals surface area contributed by atoms with E-state index >= 15 is 0 Å². The molecule has 0 aliphatic heterocycles. The third-order valence-corrected chi connectivity index (χ3v) is 3.84. The van der Waals surface area contributed by atoms with Crippen molar-refractivity contribution in [2.24, 2.45) is 0 Å². The minimum absolute atomic E-state index is 0.218. The van der Waals surface area contributed by atoms with Crippen LogP contribution in [0.2, 0.25) is 0 Å². The second-order valence-corrected chi connectivity index (χ2v) is 5.56. The maximum absolute atomic E-state index is 4.70. The summed E-state index contributed by atoms with van der Waals surface area (Å²) in [7, 11) is 0. The van der Waals surface area contributed by atoms with E-state index < -0.39 is 0 Å².